The summed E-state index contributed by atoms with van der Waals surface area (Å²) in [5.74, 6) is -3.86. The topological polar surface area (TPSA) is 95.9 Å². The lowest BCUT2D eigenvalue weighted by atomic mass is 9.72. The van der Waals surface area contributed by atoms with E-state index in [0.29, 0.717) is 22.5 Å². The third kappa shape index (κ3) is 3.76. The lowest BCUT2D eigenvalue weighted by Crippen LogP contribution is -2.58. The Morgan fingerprint density at radius 3 is 2.26 bits per heavy atom. The highest BCUT2D eigenvalue weighted by Gasteiger charge is 2.41. The SMILES string of the molecule is O=C1NC(=S)N(c2ccc(Br)cc2)C(=O)[C@@H]1C=NC1=C[C@@H]2C(=O)c3ccccc3C(=O)[C@@H]2C=C1. The van der Waals surface area contributed by atoms with Gasteiger partial charge in [0.2, 0.25) is 5.91 Å². The van der Waals surface area contributed by atoms with Gasteiger partial charge in [-0.3, -0.25) is 29.1 Å². The summed E-state index contributed by atoms with van der Waals surface area (Å²) in [6, 6.07) is 13.7. The van der Waals surface area contributed by atoms with E-state index in [4.69, 9.17) is 12.2 Å². The van der Waals surface area contributed by atoms with E-state index in [-0.39, 0.29) is 16.7 Å². The lowest BCUT2D eigenvalue weighted by Gasteiger charge is -2.31. The van der Waals surface area contributed by atoms with Crippen LogP contribution in [0.25, 0.3) is 0 Å². The number of Topliss-reactive ketones (excluding diaryl/α,β-unsaturated/α-hetero) is 2. The number of hydrogen-bond donors (Lipinski definition) is 1. The molecule has 9 heteroatoms. The Morgan fingerprint density at radius 2 is 1.59 bits per heavy atom. The predicted octanol–water partition coefficient (Wildman–Crippen LogP) is 3.65. The van der Waals surface area contributed by atoms with Gasteiger partial charge in [0.05, 0.1) is 23.2 Å². The van der Waals surface area contributed by atoms with Crippen LogP contribution in [0.2, 0.25) is 0 Å². The van der Waals surface area contributed by atoms with Crippen molar-refractivity contribution in [3.63, 3.8) is 0 Å². The number of rotatable bonds is 3. The molecule has 1 aliphatic heterocycles. The van der Waals surface area contributed by atoms with Gasteiger partial charge in [-0.2, -0.15) is 0 Å². The summed E-state index contributed by atoms with van der Waals surface area (Å²) in [6.45, 7) is 0. The number of benzene rings is 2. The smallest absolute Gasteiger partial charge is 0.251 e. The van der Waals surface area contributed by atoms with Crippen molar-refractivity contribution in [1.82, 2.24) is 5.32 Å². The highest BCUT2D eigenvalue weighted by molar-refractivity contribution is 9.10. The molecule has 1 heterocycles. The zero-order chi connectivity index (χ0) is 24.0. The molecule has 1 saturated heterocycles. The van der Waals surface area contributed by atoms with Crippen LogP contribution in [0.15, 0.2) is 81.9 Å². The maximum atomic E-state index is 13.1. The molecule has 0 aromatic heterocycles. The van der Waals surface area contributed by atoms with Crippen LogP contribution in [-0.2, 0) is 9.59 Å². The van der Waals surface area contributed by atoms with Crippen molar-refractivity contribution >= 4 is 68.5 Å². The fraction of sp³-hybridized carbons (Fsp3) is 0.120. The summed E-state index contributed by atoms with van der Waals surface area (Å²) in [5, 5.41) is 2.53. The first kappa shape index (κ1) is 22.2. The molecule has 0 spiro atoms. The van der Waals surface area contributed by atoms with Gasteiger partial charge in [-0.05, 0) is 48.6 Å². The first-order valence-corrected chi connectivity index (χ1v) is 11.6. The van der Waals surface area contributed by atoms with E-state index in [1.165, 1.54) is 11.1 Å². The van der Waals surface area contributed by atoms with Gasteiger partial charge in [0.15, 0.2) is 22.6 Å². The minimum atomic E-state index is -1.20. The lowest BCUT2D eigenvalue weighted by molar-refractivity contribution is -0.130. The molecule has 2 aromatic carbocycles. The van der Waals surface area contributed by atoms with Crippen LogP contribution < -0.4 is 10.2 Å². The highest BCUT2D eigenvalue weighted by atomic mass is 79.9. The number of carbonyl (C=O) groups is 4. The van der Waals surface area contributed by atoms with Crippen LogP contribution in [0.3, 0.4) is 0 Å². The summed E-state index contributed by atoms with van der Waals surface area (Å²) in [6.07, 6.45) is 6.13. The van der Waals surface area contributed by atoms with Crippen LogP contribution in [0, 0.1) is 17.8 Å². The van der Waals surface area contributed by atoms with Crippen LogP contribution in [0.1, 0.15) is 20.7 Å². The number of allylic oxidation sites excluding steroid dienone is 3. The first-order valence-electron chi connectivity index (χ1n) is 10.4. The second-order valence-electron chi connectivity index (χ2n) is 7.98. The Hall–Kier alpha value is -3.56. The molecule has 0 saturated carbocycles. The molecule has 2 amide bonds. The Labute approximate surface area is 208 Å². The van der Waals surface area contributed by atoms with Gasteiger partial charge < -0.3 is 5.32 Å². The van der Waals surface area contributed by atoms with Gasteiger partial charge in [0, 0.05) is 21.8 Å². The summed E-state index contributed by atoms with van der Waals surface area (Å²) in [5.41, 5.74) is 1.73. The number of anilines is 1. The fourth-order valence-electron chi connectivity index (χ4n) is 4.23. The maximum Gasteiger partial charge on any atom is 0.251 e. The van der Waals surface area contributed by atoms with Crippen molar-refractivity contribution in [3.05, 3.63) is 88.1 Å². The van der Waals surface area contributed by atoms with Crippen LogP contribution in [0.4, 0.5) is 5.69 Å². The van der Waals surface area contributed by atoms with Crippen molar-refractivity contribution in [1.29, 1.82) is 0 Å². The van der Waals surface area contributed by atoms with Crippen molar-refractivity contribution in [2.75, 3.05) is 4.90 Å². The quantitative estimate of drug-likeness (QED) is 0.369. The molecule has 5 rings (SSSR count). The molecule has 3 aliphatic rings. The Bertz CT molecular complexity index is 1360. The zero-order valence-electron chi connectivity index (χ0n) is 17.5. The van der Waals surface area contributed by atoms with Gasteiger partial charge in [0.25, 0.3) is 5.91 Å². The van der Waals surface area contributed by atoms with Gasteiger partial charge in [-0.25, -0.2) is 0 Å². The number of hydrogen-bond acceptors (Lipinski definition) is 6. The van der Waals surface area contributed by atoms with E-state index in [1.807, 2.05) is 0 Å². The molecule has 0 bridgehead atoms. The van der Waals surface area contributed by atoms with E-state index in [0.717, 1.165) is 4.47 Å². The summed E-state index contributed by atoms with van der Waals surface area (Å²) in [4.78, 5) is 57.0. The van der Waals surface area contributed by atoms with Gasteiger partial charge in [0.1, 0.15) is 0 Å². The number of aliphatic imine (C=N–C) groups is 1. The van der Waals surface area contributed by atoms with Crippen molar-refractivity contribution < 1.29 is 19.2 Å². The molecule has 7 nitrogen and oxygen atoms in total. The third-order valence-corrected chi connectivity index (χ3v) is 6.75. The number of amides is 2. The first-order chi connectivity index (χ1) is 16.3. The number of halogens is 1. The second kappa shape index (κ2) is 8.66. The van der Waals surface area contributed by atoms with Crippen LogP contribution >= 0.6 is 28.1 Å². The zero-order valence-corrected chi connectivity index (χ0v) is 19.9. The Kier molecular flexibility index (Phi) is 5.66. The summed E-state index contributed by atoms with van der Waals surface area (Å²) >= 11 is 8.55. The monoisotopic (exact) mass is 533 g/mol. The highest BCUT2D eigenvalue weighted by Crippen LogP contribution is 2.35. The number of carbonyl (C=O) groups excluding carboxylic acids is 4. The van der Waals surface area contributed by atoms with Gasteiger partial charge >= 0.3 is 0 Å². The standard InChI is InChI=1S/C25H16BrN3O4S/c26-13-5-8-15(9-6-13)29-24(33)20(23(32)28-25(29)34)12-27-14-7-10-18-19(11-14)22(31)17-4-2-1-3-16(17)21(18)30/h1-12,18-20H,(H,28,32,34)/t18-,19+,20-/m1/s1. The maximum absolute atomic E-state index is 13.1. The second-order valence-corrected chi connectivity index (χ2v) is 9.28. The molecule has 0 unspecified atom stereocenters. The molecule has 2 aromatic rings. The van der Waals surface area contributed by atoms with Crippen molar-refractivity contribution in [3.8, 4) is 0 Å². The van der Waals surface area contributed by atoms with E-state index in [1.54, 1.807) is 66.8 Å². The molecule has 1 N–H and O–H groups in total. The van der Waals surface area contributed by atoms with Crippen LogP contribution in [-0.4, -0.2) is 34.7 Å². The minimum Gasteiger partial charge on any atom is -0.301 e. The Morgan fingerprint density at radius 1 is 0.941 bits per heavy atom. The number of nitrogens with zero attached hydrogens (tertiary/aromatic N) is 2. The normalized spacial score (nSPS) is 24.1. The van der Waals surface area contributed by atoms with E-state index in [9.17, 15) is 19.2 Å². The largest absolute Gasteiger partial charge is 0.301 e. The van der Waals surface area contributed by atoms with Gasteiger partial charge in [-0.1, -0.05) is 46.3 Å². The molecular weight excluding hydrogens is 518 g/mol. The molecule has 3 atom stereocenters. The number of thiocarbonyl (C=S) groups is 1. The summed E-state index contributed by atoms with van der Waals surface area (Å²) in [7, 11) is 0. The number of nitrogens with one attached hydrogen (secondary N) is 1. The fourth-order valence-corrected chi connectivity index (χ4v) is 4.79. The van der Waals surface area contributed by atoms with Crippen molar-refractivity contribution in [2.24, 2.45) is 22.7 Å². The van der Waals surface area contributed by atoms with E-state index >= 15 is 0 Å². The Balaban J connectivity index is 1.41. The van der Waals surface area contributed by atoms with Gasteiger partial charge in [-0.15, -0.1) is 0 Å². The predicted molar refractivity (Wildman–Crippen MR) is 134 cm³/mol. The number of fused-ring (bicyclic) bond motifs is 2. The molecule has 168 valence electrons. The molecule has 1 fully saturated rings. The van der Waals surface area contributed by atoms with Crippen LogP contribution in [0.5, 0.6) is 0 Å². The average molecular weight is 534 g/mol. The molecule has 0 radical (unpaired) electrons. The molecule has 2 aliphatic carbocycles. The molecular formula is C25H16BrN3O4S. The van der Waals surface area contributed by atoms with Crippen molar-refractivity contribution in [2.45, 2.75) is 0 Å². The average Bonchev–Trinajstić information content (AvgIpc) is 2.83. The minimum absolute atomic E-state index is 0.00780. The summed E-state index contributed by atoms with van der Waals surface area (Å²) < 4.78 is 0.835. The van der Waals surface area contributed by atoms with E-state index in [2.05, 4.69) is 26.2 Å². The third-order valence-electron chi connectivity index (χ3n) is 5.93. The molecule has 34 heavy (non-hydrogen) atoms. The number of ketones is 2. The van der Waals surface area contributed by atoms with E-state index < -0.39 is 29.6 Å².